The van der Waals surface area contributed by atoms with Gasteiger partial charge in [0.05, 0.1) is 12.2 Å². The lowest BCUT2D eigenvalue weighted by atomic mass is 10.0. The third-order valence-corrected chi connectivity index (χ3v) is 5.65. The van der Waals surface area contributed by atoms with E-state index < -0.39 is 29.9 Å². The number of nitrogens with zero attached hydrogens (tertiary/aromatic N) is 2. The van der Waals surface area contributed by atoms with Gasteiger partial charge in [0.15, 0.2) is 0 Å². The molecule has 0 bridgehead atoms. The van der Waals surface area contributed by atoms with Crippen molar-refractivity contribution in [1.29, 1.82) is 0 Å². The van der Waals surface area contributed by atoms with Crippen LogP contribution < -0.4 is 16.4 Å². The van der Waals surface area contributed by atoms with Gasteiger partial charge in [-0.25, -0.2) is 4.98 Å². The molecule has 11 heteroatoms. The second-order valence-corrected chi connectivity index (χ2v) is 7.58. The van der Waals surface area contributed by atoms with Gasteiger partial charge < -0.3 is 26.3 Å². The van der Waals surface area contributed by atoms with Crippen molar-refractivity contribution in [2.45, 2.75) is 43.8 Å². The summed E-state index contributed by atoms with van der Waals surface area (Å²) in [6.07, 6.45) is 4.78. The van der Waals surface area contributed by atoms with Crippen LogP contribution in [0.4, 0.5) is 0 Å². The first-order valence-electron chi connectivity index (χ1n) is 8.70. The number of nitrogens with one attached hydrogen (secondary N) is 3. The Bertz CT molecular complexity index is 725. The van der Waals surface area contributed by atoms with Gasteiger partial charge in [-0.05, 0) is 12.8 Å². The van der Waals surface area contributed by atoms with Crippen LogP contribution in [-0.2, 0) is 25.6 Å². The fourth-order valence-electron chi connectivity index (χ4n) is 3.19. The number of carbonyl (C=O) groups excluding carboxylic acids is 4. The van der Waals surface area contributed by atoms with Crippen molar-refractivity contribution in [3.05, 3.63) is 18.2 Å². The first-order valence-corrected chi connectivity index (χ1v) is 9.85. The lowest BCUT2D eigenvalue weighted by Gasteiger charge is -2.29. The molecule has 2 fully saturated rings. The summed E-state index contributed by atoms with van der Waals surface area (Å²) in [7, 11) is 0. The number of amides is 4. The minimum absolute atomic E-state index is 0.178. The fraction of sp³-hybridized carbons (Fsp3) is 0.562. The molecule has 0 radical (unpaired) electrons. The SMILES string of the molecule is NC(=O)[C@H]1CSCN1C(=O)[C@H](Cc1cnc[nH]1)NC(=O)[C@@H]1CCCC(=O)N1. The van der Waals surface area contributed by atoms with Gasteiger partial charge in [-0.1, -0.05) is 0 Å². The summed E-state index contributed by atoms with van der Waals surface area (Å²) in [5.41, 5.74) is 6.07. The number of carbonyl (C=O) groups is 4. The molecule has 2 saturated heterocycles. The molecule has 2 aliphatic heterocycles. The second kappa shape index (κ2) is 8.42. The summed E-state index contributed by atoms with van der Waals surface area (Å²) < 4.78 is 0. The average Bonchev–Trinajstić information content (AvgIpc) is 3.32. The molecule has 10 nitrogen and oxygen atoms in total. The maximum absolute atomic E-state index is 13.0. The van der Waals surface area contributed by atoms with E-state index in [1.165, 1.54) is 23.0 Å². The number of H-pyrrole nitrogens is 1. The topological polar surface area (TPSA) is 150 Å². The van der Waals surface area contributed by atoms with Crippen molar-refractivity contribution >= 4 is 35.4 Å². The first kappa shape index (κ1) is 19.2. The van der Waals surface area contributed by atoms with Crippen LogP contribution >= 0.6 is 11.8 Å². The molecule has 5 N–H and O–H groups in total. The van der Waals surface area contributed by atoms with Crippen LogP contribution in [-0.4, -0.2) is 68.3 Å². The van der Waals surface area contributed by atoms with E-state index >= 15 is 0 Å². The van der Waals surface area contributed by atoms with E-state index in [1.54, 1.807) is 6.20 Å². The molecule has 0 saturated carbocycles. The number of hydrogen-bond acceptors (Lipinski definition) is 6. The molecule has 3 heterocycles. The zero-order valence-corrected chi connectivity index (χ0v) is 15.5. The number of primary amides is 1. The quantitative estimate of drug-likeness (QED) is 0.461. The Morgan fingerprint density at radius 3 is 2.93 bits per heavy atom. The molecular weight excluding hydrogens is 372 g/mol. The molecule has 3 atom stereocenters. The maximum atomic E-state index is 13.0. The molecule has 1 aromatic rings. The summed E-state index contributed by atoms with van der Waals surface area (Å²) in [5, 5.41) is 5.37. The summed E-state index contributed by atoms with van der Waals surface area (Å²) in [5.74, 6) is -0.772. The van der Waals surface area contributed by atoms with Crippen LogP contribution in [0.5, 0.6) is 0 Å². The fourth-order valence-corrected chi connectivity index (χ4v) is 4.36. The predicted octanol–water partition coefficient (Wildman–Crippen LogP) is -1.51. The highest BCUT2D eigenvalue weighted by atomic mass is 32.2. The molecular formula is C16H22N6O4S. The summed E-state index contributed by atoms with van der Waals surface area (Å²) >= 11 is 1.43. The number of aromatic nitrogens is 2. The zero-order valence-electron chi connectivity index (χ0n) is 14.6. The minimum atomic E-state index is -0.891. The number of thioether (sulfide) groups is 1. The van der Waals surface area contributed by atoms with E-state index in [1.807, 2.05) is 0 Å². The van der Waals surface area contributed by atoms with Gasteiger partial charge in [-0.2, -0.15) is 0 Å². The average molecular weight is 394 g/mol. The summed E-state index contributed by atoms with van der Waals surface area (Å²) in [4.78, 5) is 57.0. The number of imidazole rings is 1. The number of piperidine rings is 1. The molecule has 4 amide bonds. The highest BCUT2D eigenvalue weighted by molar-refractivity contribution is 7.99. The minimum Gasteiger partial charge on any atom is -0.368 e. The van der Waals surface area contributed by atoms with E-state index in [0.29, 0.717) is 36.6 Å². The highest BCUT2D eigenvalue weighted by Crippen LogP contribution is 2.22. The highest BCUT2D eigenvalue weighted by Gasteiger charge is 2.38. The first-order chi connectivity index (χ1) is 13.0. The van der Waals surface area contributed by atoms with E-state index in [2.05, 4.69) is 20.6 Å². The van der Waals surface area contributed by atoms with Crippen LogP contribution in [0, 0.1) is 0 Å². The van der Waals surface area contributed by atoms with Crippen molar-refractivity contribution < 1.29 is 19.2 Å². The van der Waals surface area contributed by atoms with Crippen molar-refractivity contribution in [3.8, 4) is 0 Å². The van der Waals surface area contributed by atoms with Crippen molar-refractivity contribution in [2.75, 3.05) is 11.6 Å². The maximum Gasteiger partial charge on any atom is 0.246 e. The van der Waals surface area contributed by atoms with Crippen molar-refractivity contribution in [1.82, 2.24) is 25.5 Å². The molecule has 1 aromatic heterocycles. The molecule has 3 rings (SSSR count). The smallest absolute Gasteiger partial charge is 0.246 e. The van der Waals surface area contributed by atoms with Gasteiger partial charge >= 0.3 is 0 Å². The molecule has 0 unspecified atom stereocenters. The third kappa shape index (κ3) is 4.59. The molecule has 0 aromatic carbocycles. The van der Waals surface area contributed by atoms with Gasteiger partial charge in [0.2, 0.25) is 23.6 Å². The van der Waals surface area contributed by atoms with Crippen LogP contribution in [0.25, 0.3) is 0 Å². The van der Waals surface area contributed by atoms with Crippen LogP contribution in [0.3, 0.4) is 0 Å². The van der Waals surface area contributed by atoms with Gasteiger partial charge in [0, 0.05) is 30.5 Å². The molecule has 0 spiro atoms. The lowest BCUT2D eigenvalue weighted by Crippen LogP contribution is -2.57. The Balaban J connectivity index is 1.74. The van der Waals surface area contributed by atoms with Crippen LogP contribution in [0.2, 0.25) is 0 Å². The Labute approximate surface area is 160 Å². The predicted molar refractivity (Wildman–Crippen MR) is 97.2 cm³/mol. The zero-order chi connectivity index (χ0) is 19.4. The van der Waals surface area contributed by atoms with Gasteiger partial charge in [-0.3, -0.25) is 19.2 Å². The monoisotopic (exact) mass is 394 g/mol. The van der Waals surface area contributed by atoms with Gasteiger partial charge in [-0.15, -0.1) is 11.8 Å². The summed E-state index contributed by atoms with van der Waals surface area (Å²) in [6.45, 7) is 0. The number of hydrogen-bond donors (Lipinski definition) is 4. The molecule has 146 valence electrons. The lowest BCUT2D eigenvalue weighted by molar-refractivity contribution is -0.141. The Morgan fingerprint density at radius 2 is 2.26 bits per heavy atom. The van der Waals surface area contributed by atoms with Crippen molar-refractivity contribution in [2.24, 2.45) is 5.73 Å². The number of aromatic amines is 1. The van der Waals surface area contributed by atoms with E-state index in [0.717, 1.165) is 0 Å². The van der Waals surface area contributed by atoms with Crippen LogP contribution in [0.15, 0.2) is 12.5 Å². The molecule has 0 aliphatic carbocycles. The van der Waals surface area contributed by atoms with E-state index in [9.17, 15) is 19.2 Å². The van der Waals surface area contributed by atoms with Gasteiger partial charge in [0.1, 0.15) is 18.1 Å². The molecule has 2 aliphatic rings. The normalized spacial score (nSPS) is 23.6. The Hall–Kier alpha value is -2.56. The second-order valence-electron chi connectivity index (χ2n) is 6.58. The van der Waals surface area contributed by atoms with E-state index in [4.69, 9.17) is 5.73 Å². The summed E-state index contributed by atoms with van der Waals surface area (Å²) in [6, 6.07) is -2.25. The Morgan fingerprint density at radius 1 is 1.44 bits per heavy atom. The standard InChI is InChI=1S/C16H22N6O4S/c17-14(24)12-6-27-8-22(12)16(26)11(4-9-5-18-7-19-9)21-15(25)10-2-1-3-13(23)20-10/h5,7,10-12H,1-4,6,8H2,(H2,17,24)(H,18,19)(H,20,23)(H,21,25)/t10-,11-,12+/m0/s1. The van der Waals surface area contributed by atoms with E-state index in [-0.39, 0.29) is 18.2 Å². The Kier molecular flexibility index (Phi) is 5.99. The van der Waals surface area contributed by atoms with Crippen LogP contribution in [0.1, 0.15) is 25.0 Å². The van der Waals surface area contributed by atoms with Crippen molar-refractivity contribution in [3.63, 3.8) is 0 Å². The third-order valence-electron chi connectivity index (χ3n) is 4.64. The number of nitrogens with two attached hydrogens (primary N) is 1. The number of rotatable bonds is 6. The van der Waals surface area contributed by atoms with Gasteiger partial charge in [0.25, 0.3) is 0 Å². The molecule has 27 heavy (non-hydrogen) atoms. The largest absolute Gasteiger partial charge is 0.368 e.